The summed E-state index contributed by atoms with van der Waals surface area (Å²) in [6.07, 6.45) is 1.27. The van der Waals surface area contributed by atoms with Gasteiger partial charge in [-0.1, -0.05) is 35.3 Å². The Hall–Kier alpha value is -1.72. The SMILES string of the molecule is O=C([C@H](Cc1cccc(Cl)c1)NCl)N1CCc2c([nH]c3ccc(Cl)cc23)C1. The summed E-state index contributed by atoms with van der Waals surface area (Å²) in [7, 11) is 0. The second-order valence-corrected chi connectivity index (χ2v) is 7.87. The molecule has 140 valence electrons. The molecule has 0 unspecified atom stereocenters. The second kappa shape index (κ2) is 7.72. The number of nitrogens with one attached hydrogen (secondary N) is 2. The Morgan fingerprint density at radius 3 is 2.78 bits per heavy atom. The molecule has 0 spiro atoms. The summed E-state index contributed by atoms with van der Waals surface area (Å²) in [5, 5.41) is 2.50. The van der Waals surface area contributed by atoms with Crippen LogP contribution in [0, 0.1) is 0 Å². The fourth-order valence-corrected chi connectivity index (χ4v) is 4.25. The highest BCUT2D eigenvalue weighted by Crippen LogP contribution is 2.30. The van der Waals surface area contributed by atoms with Crippen molar-refractivity contribution in [3.63, 3.8) is 0 Å². The van der Waals surface area contributed by atoms with Gasteiger partial charge in [-0.25, -0.2) is 4.84 Å². The number of carbonyl (C=O) groups is 1. The van der Waals surface area contributed by atoms with Crippen molar-refractivity contribution in [3.8, 4) is 0 Å². The molecule has 0 bridgehead atoms. The maximum absolute atomic E-state index is 13.0. The molecular formula is C20H18Cl3N3O. The smallest absolute Gasteiger partial charge is 0.241 e. The average Bonchev–Trinajstić information content (AvgIpc) is 3.02. The van der Waals surface area contributed by atoms with Gasteiger partial charge < -0.3 is 9.88 Å². The first-order valence-corrected chi connectivity index (χ1v) is 9.87. The third kappa shape index (κ3) is 3.81. The van der Waals surface area contributed by atoms with Crippen LogP contribution in [0.15, 0.2) is 42.5 Å². The third-order valence-electron chi connectivity index (χ3n) is 5.01. The van der Waals surface area contributed by atoms with Gasteiger partial charge in [0.05, 0.1) is 6.54 Å². The maximum atomic E-state index is 13.0. The molecule has 1 aromatic heterocycles. The lowest BCUT2D eigenvalue weighted by Crippen LogP contribution is -2.46. The third-order valence-corrected chi connectivity index (χ3v) is 5.74. The van der Waals surface area contributed by atoms with Crippen LogP contribution in [-0.4, -0.2) is 28.4 Å². The van der Waals surface area contributed by atoms with Crippen LogP contribution in [0.5, 0.6) is 0 Å². The molecule has 0 fully saturated rings. The van der Waals surface area contributed by atoms with E-state index in [1.807, 2.05) is 47.4 Å². The van der Waals surface area contributed by atoms with E-state index in [-0.39, 0.29) is 5.91 Å². The molecule has 1 aliphatic rings. The van der Waals surface area contributed by atoms with Crippen LogP contribution < -0.4 is 4.84 Å². The molecule has 0 saturated carbocycles. The molecule has 4 nitrogen and oxygen atoms in total. The number of H-pyrrole nitrogens is 1. The maximum Gasteiger partial charge on any atom is 0.241 e. The van der Waals surface area contributed by atoms with Crippen LogP contribution in [0.1, 0.15) is 16.8 Å². The normalized spacial score (nSPS) is 15.0. The Morgan fingerprint density at radius 2 is 2.00 bits per heavy atom. The lowest BCUT2D eigenvalue weighted by molar-refractivity contribution is -0.133. The minimum Gasteiger partial charge on any atom is -0.357 e. The molecule has 2 aromatic carbocycles. The fraction of sp³-hybridized carbons (Fsp3) is 0.250. The Bertz CT molecular complexity index is 1000. The van der Waals surface area contributed by atoms with Gasteiger partial charge in [-0.2, -0.15) is 0 Å². The monoisotopic (exact) mass is 421 g/mol. The zero-order chi connectivity index (χ0) is 19.0. The molecule has 0 saturated heterocycles. The lowest BCUT2D eigenvalue weighted by atomic mass is 10.0. The van der Waals surface area contributed by atoms with E-state index in [1.165, 1.54) is 5.56 Å². The topological polar surface area (TPSA) is 48.1 Å². The zero-order valence-corrected chi connectivity index (χ0v) is 16.7. The summed E-state index contributed by atoms with van der Waals surface area (Å²) in [6, 6.07) is 12.8. The summed E-state index contributed by atoms with van der Waals surface area (Å²) >= 11 is 18.1. The number of fused-ring (bicyclic) bond motifs is 3. The zero-order valence-electron chi connectivity index (χ0n) is 14.4. The number of hydrogen-bond donors (Lipinski definition) is 2. The molecular weight excluding hydrogens is 405 g/mol. The molecule has 7 heteroatoms. The molecule has 0 aliphatic carbocycles. The molecule has 0 radical (unpaired) electrons. The molecule has 1 atom stereocenters. The number of rotatable bonds is 4. The highest BCUT2D eigenvalue weighted by Gasteiger charge is 2.29. The molecule has 27 heavy (non-hydrogen) atoms. The Kier molecular flexibility index (Phi) is 5.33. The number of hydrogen-bond acceptors (Lipinski definition) is 2. The first kappa shape index (κ1) is 18.6. The van der Waals surface area contributed by atoms with E-state index >= 15 is 0 Å². The number of aromatic nitrogens is 1. The van der Waals surface area contributed by atoms with Crippen LogP contribution >= 0.6 is 35.0 Å². The van der Waals surface area contributed by atoms with Crippen molar-refractivity contribution in [2.45, 2.75) is 25.4 Å². The number of halogens is 3. The van der Waals surface area contributed by atoms with Gasteiger partial charge >= 0.3 is 0 Å². The van der Waals surface area contributed by atoms with Crippen LogP contribution in [0.2, 0.25) is 10.0 Å². The van der Waals surface area contributed by atoms with Gasteiger partial charge in [0.1, 0.15) is 6.04 Å². The predicted molar refractivity (Wildman–Crippen MR) is 110 cm³/mol. The van der Waals surface area contributed by atoms with Gasteiger partial charge in [0.15, 0.2) is 0 Å². The average molecular weight is 423 g/mol. The van der Waals surface area contributed by atoms with Crippen molar-refractivity contribution in [1.82, 2.24) is 14.7 Å². The van der Waals surface area contributed by atoms with Crippen LogP contribution in [0.25, 0.3) is 10.9 Å². The predicted octanol–water partition coefficient (Wildman–Crippen LogP) is 4.71. The van der Waals surface area contributed by atoms with E-state index in [9.17, 15) is 4.79 Å². The van der Waals surface area contributed by atoms with Crippen molar-refractivity contribution in [2.75, 3.05) is 6.54 Å². The van der Waals surface area contributed by atoms with E-state index in [2.05, 4.69) is 9.82 Å². The van der Waals surface area contributed by atoms with Crippen molar-refractivity contribution in [2.24, 2.45) is 0 Å². The molecule has 2 heterocycles. The van der Waals surface area contributed by atoms with Crippen molar-refractivity contribution < 1.29 is 4.79 Å². The molecule has 4 rings (SSSR count). The van der Waals surface area contributed by atoms with Gasteiger partial charge in [0.25, 0.3) is 0 Å². The Morgan fingerprint density at radius 1 is 1.19 bits per heavy atom. The Balaban J connectivity index is 1.53. The lowest BCUT2D eigenvalue weighted by Gasteiger charge is -2.30. The van der Waals surface area contributed by atoms with E-state index in [4.69, 9.17) is 35.0 Å². The summed E-state index contributed by atoms with van der Waals surface area (Å²) in [5.41, 5.74) is 4.31. The number of carbonyl (C=O) groups excluding carboxylic acids is 1. The fourth-order valence-electron chi connectivity index (χ4n) is 3.69. The van der Waals surface area contributed by atoms with Gasteiger partial charge in [-0.15, -0.1) is 0 Å². The van der Waals surface area contributed by atoms with Crippen molar-refractivity contribution in [1.29, 1.82) is 0 Å². The number of amides is 1. The standard InChI is InChI=1S/C20H18Cl3N3O/c21-13-3-1-2-12(8-13)9-18(25-23)20(27)26-7-6-15-16-10-14(22)4-5-17(16)24-19(15)11-26/h1-5,8,10,18,24-25H,6-7,9,11H2/t18-/m0/s1. The molecule has 3 aromatic rings. The molecule has 1 amide bonds. The first-order chi connectivity index (χ1) is 13.0. The van der Waals surface area contributed by atoms with E-state index in [1.54, 1.807) is 0 Å². The van der Waals surface area contributed by atoms with Crippen molar-refractivity contribution >= 4 is 51.8 Å². The number of aromatic amines is 1. The van der Waals surface area contributed by atoms with Crippen LogP contribution in [0.3, 0.4) is 0 Å². The Labute approximate surface area is 172 Å². The van der Waals surface area contributed by atoms with E-state index < -0.39 is 6.04 Å². The van der Waals surface area contributed by atoms with Crippen LogP contribution in [0.4, 0.5) is 0 Å². The second-order valence-electron chi connectivity index (χ2n) is 6.78. The first-order valence-electron chi connectivity index (χ1n) is 8.73. The largest absolute Gasteiger partial charge is 0.357 e. The van der Waals surface area contributed by atoms with Crippen LogP contribution in [-0.2, 0) is 24.2 Å². The minimum absolute atomic E-state index is 0.0210. The summed E-state index contributed by atoms with van der Waals surface area (Å²) in [5.74, 6) is -0.0210. The number of benzene rings is 2. The van der Waals surface area contributed by atoms with Gasteiger partial charge in [0.2, 0.25) is 5.91 Å². The summed E-state index contributed by atoms with van der Waals surface area (Å²) in [4.78, 5) is 20.9. The molecule has 1 aliphatic heterocycles. The summed E-state index contributed by atoms with van der Waals surface area (Å²) < 4.78 is 0. The van der Waals surface area contributed by atoms with Crippen molar-refractivity contribution in [3.05, 3.63) is 69.3 Å². The minimum atomic E-state index is -0.509. The summed E-state index contributed by atoms with van der Waals surface area (Å²) in [6.45, 7) is 1.18. The van der Waals surface area contributed by atoms with Gasteiger partial charge in [0, 0.05) is 33.2 Å². The highest BCUT2D eigenvalue weighted by atomic mass is 35.5. The van der Waals surface area contributed by atoms with E-state index in [0.717, 1.165) is 33.6 Å². The molecule has 2 N–H and O–H groups in total. The van der Waals surface area contributed by atoms with Gasteiger partial charge in [-0.3, -0.25) is 4.79 Å². The highest BCUT2D eigenvalue weighted by molar-refractivity contribution is 6.31. The quantitative estimate of drug-likeness (QED) is 0.598. The number of nitrogens with zero attached hydrogens (tertiary/aromatic N) is 1. The van der Waals surface area contributed by atoms with E-state index in [0.29, 0.717) is 24.5 Å². The van der Waals surface area contributed by atoms with Gasteiger partial charge in [-0.05, 0) is 66.1 Å².